The van der Waals surface area contributed by atoms with Crippen LogP contribution < -0.4 is 4.90 Å². The first-order valence-electron chi connectivity index (χ1n) is 7.75. The Hall–Kier alpha value is -2.21. The molecule has 0 spiro atoms. The summed E-state index contributed by atoms with van der Waals surface area (Å²) in [4.78, 5) is 20.3. The number of anilines is 1. The number of hydrogen-bond acceptors (Lipinski definition) is 5. The Kier molecular flexibility index (Phi) is 3.18. The summed E-state index contributed by atoms with van der Waals surface area (Å²) >= 11 is 0. The molecule has 114 valence electrons. The molecule has 2 aliphatic rings. The van der Waals surface area contributed by atoms with E-state index in [1.54, 1.807) is 24.4 Å². The SMILES string of the molecule is O=[N+]([O-])c1cccc2c(N3CCN4CCC[C@H]4C3)nccc12. The molecular weight excluding hydrogens is 280 g/mol. The van der Waals surface area contributed by atoms with Crippen molar-refractivity contribution < 1.29 is 4.92 Å². The first-order valence-corrected chi connectivity index (χ1v) is 7.75. The van der Waals surface area contributed by atoms with Crippen molar-refractivity contribution in [2.24, 2.45) is 0 Å². The Balaban J connectivity index is 1.76. The van der Waals surface area contributed by atoms with Crippen molar-refractivity contribution in [3.8, 4) is 0 Å². The third-order valence-electron chi connectivity index (χ3n) is 4.85. The molecule has 2 fully saturated rings. The van der Waals surface area contributed by atoms with Crippen LogP contribution >= 0.6 is 0 Å². The average Bonchev–Trinajstić information content (AvgIpc) is 3.01. The largest absolute Gasteiger partial charge is 0.353 e. The van der Waals surface area contributed by atoms with Crippen molar-refractivity contribution in [2.75, 3.05) is 31.1 Å². The maximum absolute atomic E-state index is 11.2. The summed E-state index contributed by atoms with van der Waals surface area (Å²) in [6, 6.07) is 7.58. The van der Waals surface area contributed by atoms with Crippen LogP contribution in [0.3, 0.4) is 0 Å². The lowest BCUT2D eigenvalue weighted by Gasteiger charge is -2.38. The Morgan fingerprint density at radius 2 is 2.09 bits per heavy atom. The Bertz CT molecular complexity index is 733. The molecule has 2 aromatic rings. The molecule has 0 amide bonds. The minimum absolute atomic E-state index is 0.153. The normalized spacial score (nSPS) is 22.0. The third-order valence-corrected chi connectivity index (χ3v) is 4.85. The van der Waals surface area contributed by atoms with Gasteiger partial charge in [0, 0.05) is 43.3 Å². The highest BCUT2D eigenvalue weighted by atomic mass is 16.6. The number of hydrogen-bond donors (Lipinski definition) is 0. The first-order chi connectivity index (χ1) is 10.7. The van der Waals surface area contributed by atoms with Gasteiger partial charge in [0.2, 0.25) is 0 Å². The van der Waals surface area contributed by atoms with Crippen LogP contribution in [0.25, 0.3) is 10.8 Å². The highest BCUT2D eigenvalue weighted by molar-refractivity contribution is 5.98. The van der Waals surface area contributed by atoms with Crippen LogP contribution in [0.2, 0.25) is 0 Å². The van der Waals surface area contributed by atoms with Gasteiger partial charge in [0.25, 0.3) is 5.69 Å². The maximum atomic E-state index is 11.2. The van der Waals surface area contributed by atoms with Gasteiger partial charge in [0.1, 0.15) is 5.82 Å². The van der Waals surface area contributed by atoms with E-state index < -0.39 is 0 Å². The number of aromatic nitrogens is 1. The molecule has 0 radical (unpaired) electrons. The lowest BCUT2D eigenvalue weighted by molar-refractivity contribution is -0.383. The quantitative estimate of drug-likeness (QED) is 0.629. The molecule has 2 aliphatic heterocycles. The van der Waals surface area contributed by atoms with Gasteiger partial charge in [-0.25, -0.2) is 4.98 Å². The van der Waals surface area contributed by atoms with Gasteiger partial charge in [-0.15, -0.1) is 0 Å². The van der Waals surface area contributed by atoms with E-state index >= 15 is 0 Å². The second-order valence-electron chi connectivity index (χ2n) is 6.04. The van der Waals surface area contributed by atoms with E-state index in [1.165, 1.54) is 19.4 Å². The standard InChI is InChI=1S/C16H18N4O2/c21-20(22)15-5-1-4-14-13(15)6-7-17-16(14)19-10-9-18-8-2-3-12(18)11-19/h1,4-7,12H,2-3,8-11H2/t12-/m0/s1. The number of non-ortho nitro benzene ring substituents is 1. The monoisotopic (exact) mass is 298 g/mol. The average molecular weight is 298 g/mol. The van der Waals surface area contributed by atoms with Crippen LogP contribution in [0.1, 0.15) is 12.8 Å². The number of piperazine rings is 1. The Morgan fingerprint density at radius 3 is 2.95 bits per heavy atom. The first kappa shape index (κ1) is 13.5. The minimum atomic E-state index is -0.318. The van der Waals surface area contributed by atoms with Crippen LogP contribution in [0.5, 0.6) is 0 Å². The van der Waals surface area contributed by atoms with E-state index in [9.17, 15) is 10.1 Å². The van der Waals surface area contributed by atoms with Crippen molar-refractivity contribution in [3.05, 3.63) is 40.6 Å². The van der Waals surface area contributed by atoms with Crippen molar-refractivity contribution in [3.63, 3.8) is 0 Å². The maximum Gasteiger partial charge on any atom is 0.277 e. The van der Waals surface area contributed by atoms with E-state index in [0.717, 1.165) is 30.8 Å². The van der Waals surface area contributed by atoms with Gasteiger partial charge in [-0.3, -0.25) is 15.0 Å². The number of rotatable bonds is 2. The summed E-state index contributed by atoms with van der Waals surface area (Å²) in [5, 5.41) is 12.8. The Labute approximate surface area is 128 Å². The molecule has 1 aromatic heterocycles. The van der Waals surface area contributed by atoms with Crippen LogP contribution in [0.4, 0.5) is 11.5 Å². The molecule has 1 atom stereocenters. The van der Waals surface area contributed by atoms with Crippen molar-refractivity contribution in [1.29, 1.82) is 0 Å². The van der Waals surface area contributed by atoms with Gasteiger partial charge in [-0.1, -0.05) is 12.1 Å². The molecule has 6 nitrogen and oxygen atoms in total. The summed E-state index contributed by atoms with van der Waals surface area (Å²) < 4.78 is 0. The Morgan fingerprint density at radius 1 is 1.18 bits per heavy atom. The van der Waals surface area contributed by atoms with Crippen LogP contribution in [0, 0.1) is 10.1 Å². The highest BCUT2D eigenvalue weighted by Gasteiger charge is 2.31. The number of pyridine rings is 1. The van der Waals surface area contributed by atoms with E-state index in [1.807, 2.05) is 6.07 Å². The summed E-state index contributed by atoms with van der Waals surface area (Å²) in [6.07, 6.45) is 4.19. The molecule has 0 unspecified atom stereocenters. The van der Waals surface area contributed by atoms with Crippen LogP contribution in [0.15, 0.2) is 30.5 Å². The molecule has 6 heteroatoms. The second kappa shape index (κ2) is 5.21. The smallest absolute Gasteiger partial charge is 0.277 e. The van der Waals surface area contributed by atoms with Crippen molar-refractivity contribution >= 4 is 22.3 Å². The molecule has 22 heavy (non-hydrogen) atoms. The summed E-state index contributed by atoms with van der Waals surface area (Å²) in [5.41, 5.74) is 0.153. The van der Waals surface area contributed by atoms with Gasteiger partial charge >= 0.3 is 0 Å². The van der Waals surface area contributed by atoms with Crippen LogP contribution in [-0.2, 0) is 0 Å². The predicted octanol–water partition coefficient (Wildman–Crippen LogP) is 2.43. The summed E-state index contributed by atoms with van der Waals surface area (Å²) in [6.45, 7) is 4.16. The van der Waals surface area contributed by atoms with Crippen LogP contribution in [-0.4, -0.2) is 47.0 Å². The lowest BCUT2D eigenvalue weighted by atomic mass is 10.1. The fraction of sp³-hybridized carbons (Fsp3) is 0.438. The minimum Gasteiger partial charge on any atom is -0.353 e. The highest BCUT2D eigenvalue weighted by Crippen LogP contribution is 2.33. The number of benzene rings is 1. The van der Waals surface area contributed by atoms with E-state index in [-0.39, 0.29) is 10.6 Å². The van der Waals surface area contributed by atoms with Gasteiger partial charge in [-0.2, -0.15) is 0 Å². The molecule has 0 bridgehead atoms. The number of nitrogens with zero attached hydrogens (tertiary/aromatic N) is 4. The fourth-order valence-electron chi connectivity index (χ4n) is 3.77. The third kappa shape index (κ3) is 2.11. The molecule has 4 rings (SSSR count). The van der Waals surface area contributed by atoms with Gasteiger partial charge in [0.15, 0.2) is 0 Å². The molecule has 0 aliphatic carbocycles. The van der Waals surface area contributed by atoms with E-state index in [0.29, 0.717) is 11.4 Å². The van der Waals surface area contributed by atoms with Gasteiger partial charge < -0.3 is 4.90 Å². The molecule has 0 saturated carbocycles. The fourth-order valence-corrected chi connectivity index (χ4v) is 3.77. The molecule has 0 N–H and O–H groups in total. The number of fused-ring (bicyclic) bond motifs is 2. The second-order valence-corrected chi connectivity index (χ2v) is 6.04. The molecular formula is C16H18N4O2. The molecule has 2 saturated heterocycles. The number of nitro groups is 1. The molecule has 1 aromatic carbocycles. The van der Waals surface area contributed by atoms with Gasteiger partial charge in [0.05, 0.1) is 10.3 Å². The van der Waals surface area contributed by atoms with Gasteiger partial charge in [-0.05, 0) is 25.5 Å². The lowest BCUT2D eigenvalue weighted by Crippen LogP contribution is -2.50. The zero-order valence-corrected chi connectivity index (χ0v) is 12.3. The topological polar surface area (TPSA) is 62.5 Å². The summed E-state index contributed by atoms with van der Waals surface area (Å²) in [5.74, 6) is 0.882. The summed E-state index contributed by atoms with van der Waals surface area (Å²) in [7, 11) is 0. The van der Waals surface area contributed by atoms with E-state index in [4.69, 9.17) is 0 Å². The zero-order chi connectivity index (χ0) is 15.1. The number of nitro benzene ring substituents is 1. The molecule has 3 heterocycles. The zero-order valence-electron chi connectivity index (χ0n) is 12.3. The van der Waals surface area contributed by atoms with E-state index in [2.05, 4.69) is 14.8 Å². The van der Waals surface area contributed by atoms with Crippen molar-refractivity contribution in [1.82, 2.24) is 9.88 Å². The van der Waals surface area contributed by atoms with Crippen molar-refractivity contribution in [2.45, 2.75) is 18.9 Å². The predicted molar refractivity (Wildman–Crippen MR) is 85.2 cm³/mol.